The first-order valence-corrected chi connectivity index (χ1v) is 12.0. The first-order chi connectivity index (χ1) is 17.8. The number of morpholine rings is 1. The molecule has 0 bridgehead atoms. The van der Waals surface area contributed by atoms with Crippen LogP contribution in [-0.2, 0) is 10.2 Å². The molecule has 0 unspecified atom stereocenters. The van der Waals surface area contributed by atoms with E-state index >= 15 is 0 Å². The van der Waals surface area contributed by atoms with Gasteiger partial charge in [0.15, 0.2) is 0 Å². The number of nitrogens with one attached hydrogen (secondary N) is 1. The van der Waals surface area contributed by atoms with Gasteiger partial charge in [0.2, 0.25) is 5.88 Å². The van der Waals surface area contributed by atoms with E-state index in [0.29, 0.717) is 49.1 Å². The number of hydrogen-bond acceptors (Lipinski definition) is 9. The van der Waals surface area contributed by atoms with E-state index in [1.807, 2.05) is 19.1 Å². The number of pyridine rings is 3. The number of aromatic nitrogens is 3. The van der Waals surface area contributed by atoms with Crippen LogP contribution in [0.25, 0.3) is 11.1 Å². The molecule has 10 heteroatoms. The maximum absolute atomic E-state index is 13.0. The van der Waals surface area contributed by atoms with E-state index in [1.165, 1.54) is 6.20 Å². The Morgan fingerprint density at radius 1 is 1.22 bits per heavy atom. The van der Waals surface area contributed by atoms with Crippen LogP contribution in [-0.4, -0.2) is 65.5 Å². The van der Waals surface area contributed by atoms with E-state index < -0.39 is 5.41 Å². The van der Waals surface area contributed by atoms with Gasteiger partial charge in [0, 0.05) is 47.9 Å². The first kappa shape index (κ1) is 26.0. The summed E-state index contributed by atoms with van der Waals surface area (Å²) in [6.07, 6.45) is 4.83. The van der Waals surface area contributed by atoms with Crippen molar-refractivity contribution in [2.45, 2.75) is 26.2 Å². The highest BCUT2D eigenvalue weighted by molar-refractivity contribution is 6.04. The fraction of sp³-hybridized carbons (Fsp3) is 0.370. The topological polar surface area (TPSA) is 133 Å². The summed E-state index contributed by atoms with van der Waals surface area (Å²) in [5, 5.41) is 21.5. The number of aliphatic hydroxyl groups excluding tert-OH is 1. The summed E-state index contributed by atoms with van der Waals surface area (Å²) >= 11 is 0. The zero-order valence-electron chi connectivity index (χ0n) is 21.2. The molecule has 1 fully saturated rings. The molecule has 1 aliphatic rings. The lowest BCUT2D eigenvalue weighted by molar-refractivity contribution is 0.102. The van der Waals surface area contributed by atoms with Gasteiger partial charge >= 0.3 is 0 Å². The van der Waals surface area contributed by atoms with Gasteiger partial charge in [-0.2, -0.15) is 5.26 Å². The third-order valence-corrected chi connectivity index (χ3v) is 6.11. The Bertz CT molecular complexity index is 1310. The predicted molar refractivity (Wildman–Crippen MR) is 139 cm³/mol. The van der Waals surface area contributed by atoms with Crippen LogP contribution in [0.5, 0.6) is 5.88 Å². The van der Waals surface area contributed by atoms with Gasteiger partial charge in [-0.1, -0.05) is 0 Å². The zero-order valence-corrected chi connectivity index (χ0v) is 21.2. The lowest BCUT2D eigenvalue weighted by atomic mass is 9.90. The van der Waals surface area contributed by atoms with Crippen molar-refractivity contribution in [2.24, 2.45) is 0 Å². The SMILES string of the molecule is Cc1ncc(NC(=O)c2ccnc(C(C)(C)C#N)c2)cc1-c1cnc(OCCO)c(N2CCOCC2)c1. The van der Waals surface area contributed by atoms with Crippen molar-refractivity contribution in [1.82, 2.24) is 15.0 Å². The third kappa shape index (κ3) is 6.02. The monoisotopic (exact) mass is 502 g/mol. The number of nitriles is 1. The summed E-state index contributed by atoms with van der Waals surface area (Å²) in [7, 11) is 0. The van der Waals surface area contributed by atoms with Gasteiger partial charge in [-0.3, -0.25) is 14.8 Å². The van der Waals surface area contributed by atoms with Gasteiger partial charge in [0.1, 0.15) is 12.3 Å². The second-order valence-corrected chi connectivity index (χ2v) is 9.20. The summed E-state index contributed by atoms with van der Waals surface area (Å²) in [4.78, 5) is 28.4. The fourth-order valence-electron chi connectivity index (χ4n) is 3.94. The first-order valence-electron chi connectivity index (χ1n) is 12.0. The van der Waals surface area contributed by atoms with Crippen molar-refractivity contribution in [3.05, 3.63) is 59.8 Å². The molecular formula is C27H30N6O4. The van der Waals surface area contributed by atoms with Crippen molar-refractivity contribution in [3.8, 4) is 23.1 Å². The molecule has 0 atom stereocenters. The van der Waals surface area contributed by atoms with Gasteiger partial charge in [0.25, 0.3) is 5.91 Å². The van der Waals surface area contributed by atoms with Gasteiger partial charge in [-0.05, 0) is 45.0 Å². The number of anilines is 2. The molecule has 3 aromatic rings. The molecule has 2 N–H and O–H groups in total. The van der Waals surface area contributed by atoms with Crippen LogP contribution in [0.3, 0.4) is 0 Å². The number of carbonyl (C=O) groups is 1. The highest BCUT2D eigenvalue weighted by atomic mass is 16.5. The van der Waals surface area contributed by atoms with E-state index in [-0.39, 0.29) is 19.1 Å². The molecule has 37 heavy (non-hydrogen) atoms. The standard InChI is InChI=1S/C27H30N6O4/c1-18-22(20-12-23(33-6-9-36-10-7-33)26(31-15-20)37-11-8-34)14-21(16-30-18)32-25(35)19-4-5-29-24(13-19)27(2,3)17-28/h4-5,12-16,34H,6-11H2,1-3H3,(H,32,35). The minimum absolute atomic E-state index is 0.107. The van der Waals surface area contributed by atoms with Gasteiger partial charge in [-0.15, -0.1) is 0 Å². The largest absolute Gasteiger partial charge is 0.474 e. The number of aliphatic hydroxyl groups is 1. The molecule has 0 spiro atoms. The lowest BCUT2D eigenvalue weighted by Crippen LogP contribution is -2.36. The number of ether oxygens (including phenoxy) is 2. The average molecular weight is 503 g/mol. The third-order valence-electron chi connectivity index (χ3n) is 6.11. The zero-order chi connectivity index (χ0) is 26.4. The van der Waals surface area contributed by atoms with Crippen molar-refractivity contribution in [3.63, 3.8) is 0 Å². The van der Waals surface area contributed by atoms with Crippen LogP contribution in [0, 0.1) is 18.3 Å². The highest BCUT2D eigenvalue weighted by Crippen LogP contribution is 2.34. The van der Waals surface area contributed by atoms with E-state index in [4.69, 9.17) is 9.47 Å². The Labute approximate surface area is 215 Å². The molecule has 10 nitrogen and oxygen atoms in total. The molecule has 0 radical (unpaired) electrons. The van der Waals surface area contributed by atoms with Crippen LogP contribution in [0.1, 0.15) is 35.6 Å². The predicted octanol–water partition coefficient (Wildman–Crippen LogP) is 3.11. The number of aryl methyl sites for hydroxylation is 1. The van der Waals surface area contributed by atoms with Gasteiger partial charge < -0.3 is 24.8 Å². The average Bonchev–Trinajstić information content (AvgIpc) is 2.93. The quantitative estimate of drug-likeness (QED) is 0.476. The van der Waals surface area contributed by atoms with Gasteiger partial charge in [-0.25, -0.2) is 4.98 Å². The number of carbonyl (C=O) groups excluding carboxylic acids is 1. The molecule has 1 saturated heterocycles. The summed E-state index contributed by atoms with van der Waals surface area (Å²) < 4.78 is 11.2. The summed E-state index contributed by atoms with van der Waals surface area (Å²) in [5.74, 6) is 0.123. The van der Waals surface area contributed by atoms with Crippen LogP contribution < -0.4 is 15.0 Å². The van der Waals surface area contributed by atoms with E-state index in [9.17, 15) is 15.2 Å². The molecule has 1 amide bonds. The highest BCUT2D eigenvalue weighted by Gasteiger charge is 2.23. The fourth-order valence-corrected chi connectivity index (χ4v) is 3.94. The Kier molecular flexibility index (Phi) is 7.96. The van der Waals surface area contributed by atoms with Gasteiger partial charge in [0.05, 0.1) is 48.9 Å². The molecule has 3 aromatic heterocycles. The lowest BCUT2D eigenvalue weighted by Gasteiger charge is -2.30. The minimum Gasteiger partial charge on any atom is -0.474 e. The molecule has 192 valence electrons. The Hall–Kier alpha value is -4.07. The van der Waals surface area contributed by atoms with Crippen molar-refractivity contribution >= 4 is 17.3 Å². The second kappa shape index (κ2) is 11.3. The normalized spacial score (nSPS) is 13.6. The summed E-state index contributed by atoms with van der Waals surface area (Å²) in [6.45, 7) is 8.05. The Balaban J connectivity index is 1.62. The second-order valence-electron chi connectivity index (χ2n) is 9.20. The van der Waals surface area contributed by atoms with E-state index in [2.05, 4.69) is 31.2 Å². The van der Waals surface area contributed by atoms with E-state index in [1.54, 1.807) is 38.4 Å². The van der Waals surface area contributed by atoms with Crippen molar-refractivity contribution < 1.29 is 19.4 Å². The van der Waals surface area contributed by atoms with Crippen LogP contribution in [0.15, 0.2) is 42.9 Å². The molecular weight excluding hydrogens is 472 g/mol. The van der Waals surface area contributed by atoms with Crippen LogP contribution >= 0.6 is 0 Å². The van der Waals surface area contributed by atoms with Crippen molar-refractivity contribution in [1.29, 1.82) is 5.26 Å². The smallest absolute Gasteiger partial charge is 0.255 e. The molecule has 1 aliphatic heterocycles. The minimum atomic E-state index is -0.812. The maximum atomic E-state index is 13.0. The van der Waals surface area contributed by atoms with E-state index in [0.717, 1.165) is 22.5 Å². The summed E-state index contributed by atoms with van der Waals surface area (Å²) in [5.41, 5.74) is 3.86. The number of amides is 1. The molecule has 0 aromatic carbocycles. The summed E-state index contributed by atoms with van der Waals surface area (Å²) in [6, 6.07) is 9.29. The molecule has 4 heterocycles. The Morgan fingerprint density at radius 2 is 2.00 bits per heavy atom. The number of hydrogen-bond donors (Lipinski definition) is 2. The molecule has 0 saturated carbocycles. The van der Waals surface area contributed by atoms with Crippen LogP contribution in [0.2, 0.25) is 0 Å². The molecule has 4 rings (SSSR count). The number of rotatable bonds is 8. The van der Waals surface area contributed by atoms with Crippen LogP contribution in [0.4, 0.5) is 11.4 Å². The van der Waals surface area contributed by atoms with Crippen molar-refractivity contribution in [2.75, 3.05) is 49.7 Å². The Morgan fingerprint density at radius 3 is 2.73 bits per heavy atom. The molecule has 0 aliphatic carbocycles. The number of nitrogens with zero attached hydrogens (tertiary/aromatic N) is 5. The maximum Gasteiger partial charge on any atom is 0.255 e.